The third-order valence-electron chi connectivity index (χ3n) is 4.66. The minimum atomic E-state index is 0. The van der Waals surface area contributed by atoms with Gasteiger partial charge in [0.05, 0.1) is 0 Å². The first kappa shape index (κ1) is 23.2. The Kier molecular flexibility index (Phi) is 8.41. The molecule has 1 aliphatic heterocycles. The smallest absolute Gasteiger partial charge is 0.248 e. The second-order valence-corrected chi connectivity index (χ2v) is 7.15. The van der Waals surface area contributed by atoms with Crippen molar-refractivity contribution in [2.24, 2.45) is 4.99 Å². The fraction of sp³-hybridized carbons (Fsp3) is 0.350. The summed E-state index contributed by atoms with van der Waals surface area (Å²) in [4.78, 5) is 22.2. The number of hydrogen-bond donors (Lipinski definition) is 1. The van der Waals surface area contributed by atoms with Crippen LogP contribution in [0.25, 0.3) is 11.4 Å². The number of hydrogen-bond acceptors (Lipinski definition) is 7. The van der Waals surface area contributed by atoms with Gasteiger partial charge in [-0.1, -0.05) is 28.9 Å². The molecule has 1 fully saturated rings. The summed E-state index contributed by atoms with van der Waals surface area (Å²) in [7, 11) is 0. The number of halogens is 2. The van der Waals surface area contributed by atoms with Crippen molar-refractivity contribution >= 4 is 47.5 Å². The van der Waals surface area contributed by atoms with Gasteiger partial charge in [0.15, 0.2) is 5.96 Å². The molecular formula is C20H24ClIN8O. The highest BCUT2D eigenvalue weighted by molar-refractivity contribution is 14.0. The lowest BCUT2D eigenvalue weighted by atomic mass is 10.2. The van der Waals surface area contributed by atoms with E-state index in [1.54, 1.807) is 18.5 Å². The molecule has 0 unspecified atom stereocenters. The number of aromatic nitrogens is 4. The monoisotopic (exact) mass is 554 g/mol. The minimum absolute atomic E-state index is 0. The van der Waals surface area contributed by atoms with Crippen molar-refractivity contribution in [1.82, 2.24) is 30.3 Å². The van der Waals surface area contributed by atoms with Crippen molar-refractivity contribution in [2.75, 3.05) is 37.6 Å². The SMILES string of the molecule is CCNC(=NCc1nc(-c2cccc(Cl)c2)no1)N1CCN(c2ncccn2)CC1.I. The number of piperazine rings is 1. The standard InChI is InChI=1S/C20H23ClN8O.HI/c1-2-22-19(28-9-11-29(12-10-28)20-23-7-4-8-24-20)25-14-17-26-18(27-30-17)15-5-3-6-16(21)13-15;/h3-8,13H,2,9-12,14H2,1H3,(H,22,25);1H. The van der Waals surface area contributed by atoms with Gasteiger partial charge in [0.25, 0.3) is 0 Å². The molecule has 0 aliphatic carbocycles. The lowest BCUT2D eigenvalue weighted by Crippen LogP contribution is -2.53. The normalized spacial score (nSPS) is 14.3. The third kappa shape index (κ3) is 6.03. The van der Waals surface area contributed by atoms with Gasteiger partial charge in [-0.25, -0.2) is 15.0 Å². The van der Waals surface area contributed by atoms with Gasteiger partial charge in [0.1, 0.15) is 6.54 Å². The largest absolute Gasteiger partial charge is 0.357 e. The molecule has 1 saturated heterocycles. The lowest BCUT2D eigenvalue weighted by Gasteiger charge is -2.36. The Morgan fingerprint density at radius 1 is 1.16 bits per heavy atom. The molecule has 4 rings (SSSR count). The van der Waals surface area contributed by atoms with Crippen molar-refractivity contribution in [3.05, 3.63) is 53.6 Å². The van der Waals surface area contributed by atoms with Crippen LogP contribution in [0.1, 0.15) is 12.8 Å². The Morgan fingerprint density at radius 3 is 2.65 bits per heavy atom. The molecule has 3 heterocycles. The number of benzene rings is 1. The molecule has 1 aromatic carbocycles. The maximum Gasteiger partial charge on any atom is 0.248 e. The molecule has 2 aromatic heterocycles. The summed E-state index contributed by atoms with van der Waals surface area (Å²) >= 11 is 6.04. The first-order valence-corrected chi connectivity index (χ1v) is 10.2. The average molecular weight is 555 g/mol. The second kappa shape index (κ2) is 11.2. The van der Waals surface area contributed by atoms with Crippen molar-refractivity contribution in [1.29, 1.82) is 0 Å². The molecule has 1 N–H and O–H groups in total. The first-order valence-electron chi connectivity index (χ1n) is 9.86. The Bertz CT molecular complexity index is 992. The highest BCUT2D eigenvalue weighted by Gasteiger charge is 2.21. The van der Waals surface area contributed by atoms with Crippen LogP contribution in [0.3, 0.4) is 0 Å². The molecule has 31 heavy (non-hydrogen) atoms. The van der Waals surface area contributed by atoms with E-state index in [0.717, 1.165) is 50.2 Å². The molecule has 0 bridgehead atoms. The highest BCUT2D eigenvalue weighted by Crippen LogP contribution is 2.20. The van der Waals surface area contributed by atoms with E-state index in [4.69, 9.17) is 16.1 Å². The summed E-state index contributed by atoms with van der Waals surface area (Å²) in [6.07, 6.45) is 3.53. The van der Waals surface area contributed by atoms with Gasteiger partial charge in [0, 0.05) is 55.7 Å². The summed E-state index contributed by atoms with van der Waals surface area (Å²) in [5, 5.41) is 8.01. The topological polar surface area (TPSA) is 95.6 Å². The zero-order valence-corrected chi connectivity index (χ0v) is 20.2. The molecule has 1 aliphatic rings. The predicted octanol–water partition coefficient (Wildman–Crippen LogP) is 3.09. The Balaban J connectivity index is 0.00000272. The van der Waals surface area contributed by atoms with Crippen molar-refractivity contribution in [2.45, 2.75) is 13.5 Å². The molecule has 0 amide bonds. The summed E-state index contributed by atoms with van der Waals surface area (Å²) in [6.45, 7) is 6.43. The van der Waals surface area contributed by atoms with E-state index < -0.39 is 0 Å². The Labute approximate surface area is 202 Å². The number of nitrogens with zero attached hydrogens (tertiary/aromatic N) is 7. The molecule has 0 radical (unpaired) electrons. The number of nitrogens with one attached hydrogen (secondary N) is 1. The van der Waals surface area contributed by atoms with Crippen LogP contribution in [0, 0.1) is 0 Å². The molecule has 9 nitrogen and oxygen atoms in total. The maximum atomic E-state index is 6.04. The fourth-order valence-electron chi connectivity index (χ4n) is 3.21. The van der Waals surface area contributed by atoms with Crippen LogP contribution in [0.2, 0.25) is 5.02 Å². The quantitative estimate of drug-likeness (QED) is 0.292. The van der Waals surface area contributed by atoms with Crippen LogP contribution < -0.4 is 10.2 Å². The van der Waals surface area contributed by atoms with Gasteiger partial charge in [-0.2, -0.15) is 4.98 Å². The first-order chi connectivity index (χ1) is 14.7. The van der Waals surface area contributed by atoms with Crippen molar-refractivity contribution in [3.8, 4) is 11.4 Å². The summed E-state index contributed by atoms with van der Waals surface area (Å²) in [5.41, 5.74) is 0.813. The highest BCUT2D eigenvalue weighted by atomic mass is 127. The van der Waals surface area contributed by atoms with E-state index in [0.29, 0.717) is 23.3 Å². The van der Waals surface area contributed by atoms with Crippen LogP contribution in [0.15, 0.2) is 52.2 Å². The molecule has 11 heteroatoms. The van der Waals surface area contributed by atoms with Crippen molar-refractivity contribution in [3.63, 3.8) is 0 Å². The van der Waals surface area contributed by atoms with E-state index >= 15 is 0 Å². The summed E-state index contributed by atoms with van der Waals surface area (Å²) < 4.78 is 5.37. The maximum absolute atomic E-state index is 6.04. The minimum Gasteiger partial charge on any atom is -0.357 e. The van der Waals surface area contributed by atoms with Gasteiger partial charge >= 0.3 is 0 Å². The molecule has 0 spiro atoms. The molecule has 164 valence electrons. The molecular weight excluding hydrogens is 531 g/mol. The number of anilines is 1. The summed E-state index contributed by atoms with van der Waals surface area (Å²) in [6, 6.07) is 9.19. The van der Waals surface area contributed by atoms with Crippen LogP contribution in [-0.2, 0) is 6.54 Å². The molecule has 0 atom stereocenters. The Hall–Kier alpha value is -2.47. The van der Waals surface area contributed by atoms with Gasteiger partial charge in [-0.05, 0) is 25.1 Å². The third-order valence-corrected chi connectivity index (χ3v) is 4.90. The van der Waals surface area contributed by atoms with E-state index in [1.807, 2.05) is 31.2 Å². The van der Waals surface area contributed by atoms with Crippen LogP contribution in [0.4, 0.5) is 5.95 Å². The van der Waals surface area contributed by atoms with E-state index in [1.165, 1.54) is 0 Å². The zero-order chi connectivity index (χ0) is 20.8. The van der Waals surface area contributed by atoms with Crippen LogP contribution in [-0.4, -0.2) is 63.7 Å². The van der Waals surface area contributed by atoms with E-state index in [2.05, 4.69) is 40.2 Å². The van der Waals surface area contributed by atoms with Gasteiger partial charge in [-0.15, -0.1) is 24.0 Å². The predicted molar refractivity (Wildman–Crippen MR) is 131 cm³/mol. The van der Waals surface area contributed by atoms with Gasteiger partial charge < -0.3 is 19.6 Å². The van der Waals surface area contributed by atoms with Crippen LogP contribution >= 0.6 is 35.6 Å². The average Bonchev–Trinajstić information content (AvgIpc) is 3.27. The van der Waals surface area contributed by atoms with Crippen LogP contribution in [0.5, 0.6) is 0 Å². The van der Waals surface area contributed by atoms with E-state index in [9.17, 15) is 0 Å². The van der Waals surface area contributed by atoms with Gasteiger partial charge in [-0.3, -0.25) is 0 Å². The molecule has 3 aromatic rings. The van der Waals surface area contributed by atoms with Crippen molar-refractivity contribution < 1.29 is 4.52 Å². The molecule has 0 saturated carbocycles. The fourth-order valence-corrected chi connectivity index (χ4v) is 3.40. The number of rotatable bonds is 5. The lowest BCUT2D eigenvalue weighted by molar-refractivity contribution is 0.363. The zero-order valence-electron chi connectivity index (χ0n) is 17.1. The van der Waals surface area contributed by atoms with E-state index in [-0.39, 0.29) is 24.0 Å². The number of aliphatic imine (C=N–C) groups is 1. The van der Waals surface area contributed by atoms with Gasteiger partial charge in [0.2, 0.25) is 17.7 Å². The Morgan fingerprint density at radius 2 is 1.94 bits per heavy atom. The second-order valence-electron chi connectivity index (χ2n) is 6.72. The number of guanidine groups is 1. The summed E-state index contributed by atoms with van der Waals surface area (Å²) in [5.74, 6) is 2.55.